The van der Waals surface area contributed by atoms with E-state index in [0.29, 0.717) is 37.6 Å². The van der Waals surface area contributed by atoms with Gasteiger partial charge >= 0.3 is 24.6 Å². The number of nitrogens with zero attached hydrogens (tertiary/aromatic N) is 3. The van der Waals surface area contributed by atoms with Gasteiger partial charge in [-0.25, -0.2) is 4.79 Å². The molecule has 2 atom stereocenters. The van der Waals surface area contributed by atoms with Gasteiger partial charge in [0, 0.05) is 63.3 Å². The van der Waals surface area contributed by atoms with Gasteiger partial charge in [-0.2, -0.15) is 39.5 Å². The van der Waals surface area contributed by atoms with Crippen molar-refractivity contribution in [2.75, 3.05) is 57.4 Å². The summed E-state index contributed by atoms with van der Waals surface area (Å²) in [6, 6.07) is 3.45. The number of rotatable bonds is 4. The summed E-state index contributed by atoms with van der Waals surface area (Å²) >= 11 is 0. The van der Waals surface area contributed by atoms with Crippen LogP contribution < -0.4 is 4.90 Å². The first-order chi connectivity index (χ1) is 17.1. The van der Waals surface area contributed by atoms with E-state index in [1.165, 1.54) is 6.07 Å². The lowest BCUT2D eigenvalue weighted by molar-refractivity contribution is -0.308. The number of hydrogen-bond acceptors (Lipinski definition) is 5. The molecule has 3 heterocycles. The lowest BCUT2D eigenvalue weighted by Gasteiger charge is -2.36. The molecule has 3 aliphatic rings. The van der Waals surface area contributed by atoms with Crippen molar-refractivity contribution in [3.63, 3.8) is 0 Å². The Balaban J connectivity index is 1.41. The van der Waals surface area contributed by atoms with Gasteiger partial charge in [0.2, 0.25) is 0 Å². The van der Waals surface area contributed by atoms with Gasteiger partial charge in [-0.3, -0.25) is 4.90 Å². The largest absolute Gasteiger partial charge is 0.434 e. The monoisotopic (exact) mass is 549 g/mol. The molecule has 6 nitrogen and oxygen atoms in total. The van der Waals surface area contributed by atoms with Crippen LogP contribution in [-0.4, -0.2) is 86.8 Å². The third-order valence-electron chi connectivity index (χ3n) is 6.83. The third-order valence-corrected chi connectivity index (χ3v) is 6.83. The molecule has 3 aliphatic heterocycles. The van der Waals surface area contributed by atoms with Crippen molar-refractivity contribution in [3.8, 4) is 0 Å². The number of fused-ring (bicyclic) bond motifs is 1. The second-order valence-electron chi connectivity index (χ2n) is 9.41. The first-order valence-electron chi connectivity index (χ1n) is 11.5. The number of carbonyl (C=O) groups excluding carboxylic acids is 1. The molecule has 3 fully saturated rings. The number of benzene rings is 1. The Morgan fingerprint density at radius 1 is 0.919 bits per heavy atom. The molecule has 37 heavy (non-hydrogen) atoms. The maximum Gasteiger partial charge on any atom is 0.434 e. The Hall–Kier alpha value is -2.42. The molecule has 0 spiro atoms. The van der Waals surface area contributed by atoms with Gasteiger partial charge in [0.25, 0.3) is 6.10 Å². The predicted octanol–water partition coefficient (Wildman–Crippen LogP) is 4.54. The van der Waals surface area contributed by atoms with Crippen LogP contribution in [0.2, 0.25) is 0 Å². The number of hydrogen-bond donors (Lipinski definition) is 0. The van der Waals surface area contributed by atoms with Crippen molar-refractivity contribution in [1.29, 1.82) is 0 Å². The van der Waals surface area contributed by atoms with Gasteiger partial charge in [-0.05, 0) is 17.7 Å². The van der Waals surface area contributed by atoms with E-state index in [2.05, 4.69) is 4.74 Å². The van der Waals surface area contributed by atoms with Crippen molar-refractivity contribution in [2.45, 2.75) is 31.2 Å². The number of anilines is 1. The molecule has 0 N–H and O–H groups in total. The lowest BCUT2D eigenvalue weighted by Crippen LogP contribution is -2.52. The Labute approximate surface area is 205 Å². The van der Waals surface area contributed by atoms with Gasteiger partial charge in [0.1, 0.15) is 0 Å². The topological polar surface area (TPSA) is 45.2 Å². The molecule has 2 unspecified atom stereocenters. The summed E-state index contributed by atoms with van der Waals surface area (Å²) in [6.07, 6.45) is -22.1. The highest BCUT2D eigenvalue weighted by Crippen LogP contribution is 2.39. The maximum absolute atomic E-state index is 13.4. The molecule has 0 aromatic heterocycles. The maximum atomic E-state index is 13.4. The molecule has 0 radical (unpaired) electrons. The van der Waals surface area contributed by atoms with E-state index in [-0.39, 0.29) is 44.6 Å². The Kier molecular flexibility index (Phi) is 7.49. The van der Waals surface area contributed by atoms with Crippen LogP contribution >= 0.6 is 0 Å². The smallest absolute Gasteiger partial charge is 0.426 e. The Bertz CT molecular complexity index is 949. The minimum Gasteiger partial charge on any atom is -0.426 e. The molecule has 1 aromatic carbocycles. The predicted molar refractivity (Wildman–Crippen MR) is 111 cm³/mol. The van der Waals surface area contributed by atoms with E-state index in [4.69, 9.17) is 4.74 Å². The van der Waals surface area contributed by atoms with Crippen LogP contribution in [0.3, 0.4) is 0 Å². The number of ether oxygens (including phenoxy) is 2. The lowest BCUT2D eigenvalue weighted by atomic mass is 10.0. The quantitative estimate of drug-likeness (QED) is 0.517. The van der Waals surface area contributed by atoms with Crippen LogP contribution in [0.25, 0.3) is 0 Å². The molecular weight excluding hydrogens is 525 g/mol. The molecule has 0 bridgehead atoms. The average molecular weight is 549 g/mol. The summed E-state index contributed by atoms with van der Waals surface area (Å²) in [5.74, 6) is 0.434. The van der Waals surface area contributed by atoms with Gasteiger partial charge in [0.05, 0.1) is 18.8 Å². The van der Waals surface area contributed by atoms with E-state index >= 15 is 0 Å². The van der Waals surface area contributed by atoms with Crippen molar-refractivity contribution in [2.24, 2.45) is 11.8 Å². The summed E-state index contributed by atoms with van der Waals surface area (Å²) in [4.78, 5) is 16.4. The summed E-state index contributed by atoms with van der Waals surface area (Å²) in [5, 5.41) is 0. The fourth-order valence-corrected chi connectivity index (χ4v) is 4.88. The Morgan fingerprint density at radius 3 is 2.00 bits per heavy atom. The van der Waals surface area contributed by atoms with Crippen molar-refractivity contribution >= 4 is 11.8 Å². The number of halogens is 9. The molecule has 1 amide bonds. The normalized spacial score (nSPS) is 23.6. The zero-order chi connectivity index (χ0) is 27.2. The average Bonchev–Trinajstić information content (AvgIpc) is 3.38. The summed E-state index contributed by atoms with van der Waals surface area (Å²) in [6.45, 7) is 2.09. The fraction of sp³-hybridized carbons (Fsp3) is 0.682. The summed E-state index contributed by atoms with van der Waals surface area (Å²) in [5.41, 5.74) is 0.222. The second kappa shape index (κ2) is 10.0. The van der Waals surface area contributed by atoms with E-state index < -0.39 is 36.3 Å². The van der Waals surface area contributed by atoms with Crippen molar-refractivity contribution < 1.29 is 53.8 Å². The van der Waals surface area contributed by atoms with Crippen LogP contribution in [0.1, 0.15) is 11.1 Å². The summed E-state index contributed by atoms with van der Waals surface area (Å²) in [7, 11) is 0. The molecule has 0 saturated carbocycles. The zero-order valence-corrected chi connectivity index (χ0v) is 19.3. The van der Waals surface area contributed by atoms with Gasteiger partial charge in [0.15, 0.2) is 0 Å². The number of piperazine rings is 1. The van der Waals surface area contributed by atoms with Gasteiger partial charge in [-0.15, -0.1) is 0 Å². The number of amides is 1. The first kappa shape index (κ1) is 27.6. The SMILES string of the molecule is O=C(OC(C(F)(F)F)C(F)(F)F)N1CCN(Cc2ccc(C(F)(F)F)cc2N2CC3COCC3C2)CC1. The van der Waals surface area contributed by atoms with Gasteiger partial charge in [-0.1, -0.05) is 6.07 Å². The molecule has 1 aromatic rings. The summed E-state index contributed by atoms with van der Waals surface area (Å²) < 4.78 is 125. The van der Waals surface area contributed by atoms with Crippen LogP contribution in [-0.2, 0) is 22.2 Å². The van der Waals surface area contributed by atoms with Crippen LogP contribution in [0.15, 0.2) is 18.2 Å². The Morgan fingerprint density at radius 2 is 1.49 bits per heavy atom. The van der Waals surface area contributed by atoms with Crippen molar-refractivity contribution in [1.82, 2.24) is 9.80 Å². The molecule has 4 rings (SSSR count). The second-order valence-corrected chi connectivity index (χ2v) is 9.41. The van der Waals surface area contributed by atoms with E-state index in [1.54, 1.807) is 4.90 Å². The highest BCUT2D eigenvalue weighted by atomic mass is 19.4. The van der Waals surface area contributed by atoms with Gasteiger partial charge < -0.3 is 19.3 Å². The highest BCUT2D eigenvalue weighted by molar-refractivity contribution is 5.68. The minimum atomic E-state index is -5.81. The van der Waals surface area contributed by atoms with E-state index in [9.17, 15) is 44.3 Å². The molecule has 208 valence electrons. The van der Waals surface area contributed by atoms with Crippen LogP contribution in [0.4, 0.5) is 50.0 Å². The third kappa shape index (κ3) is 6.36. The molecular formula is C22H24F9N3O3. The number of carbonyl (C=O) groups is 1. The van der Waals surface area contributed by atoms with E-state index in [0.717, 1.165) is 17.0 Å². The van der Waals surface area contributed by atoms with E-state index in [1.807, 2.05) is 4.90 Å². The van der Waals surface area contributed by atoms with Crippen molar-refractivity contribution in [3.05, 3.63) is 29.3 Å². The highest BCUT2D eigenvalue weighted by Gasteiger charge is 2.60. The first-order valence-corrected chi connectivity index (χ1v) is 11.5. The zero-order valence-electron chi connectivity index (χ0n) is 19.3. The van der Waals surface area contributed by atoms with Crippen LogP contribution in [0.5, 0.6) is 0 Å². The molecule has 0 aliphatic carbocycles. The molecule has 3 saturated heterocycles. The van der Waals surface area contributed by atoms with Crippen LogP contribution in [0, 0.1) is 11.8 Å². The standard InChI is InChI=1S/C22H24F9N3O3/c23-20(24,25)16-2-1-13(17(7-16)34-9-14-11-36-12-15(14)10-34)8-32-3-5-33(6-4-32)19(35)37-18(21(26,27)28)22(29,30)31/h1-2,7,14-15,18H,3-6,8-12H2. The molecule has 15 heteroatoms. The fourth-order valence-electron chi connectivity index (χ4n) is 4.88. The minimum absolute atomic E-state index is 0.0807. The number of alkyl halides is 9.